The van der Waals surface area contributed by atoms with Crippen molar-refractivity contribution in [3.05, 3.63) is 86.9 Å². The molecule has 0 saturated heterocycles. The van der Waals surface area contributed by atoms with Crippen LogP contribution in [0.4, 0.5) is 0 Å². The first kappa shape index (κ1) is 20.8. The molecule has 3 rings (SSSR count). The Morgan fingerprint density at radius 2 is 1.96 bits per heavy atom. The van der Waals surface area contributed by atoms with E-state index in [1.807, 2.05) is 65.1 Å². The summed E-state index contributed by atoms with van der Waals surface area (Å²) in [7, 11) is 0. The van der Waals surface area contributed by atoms with Crippen molar-refractivity contribution in [2.45, 2.75) is 32.7 Å². The lowest BCUT2D eigenvalue weighted by atomic mass is 10.1. The second-order valence-electron chi connectivity index (χ2n) is 6.55. The van der Waals surface area contributed by atoms with Gasteiger partial charge in [0.25, 0.3) is 0 Å². The number of benzene rings is 2. The van der Waals surface area contributed by atoms with E-state index >= 15 is 0 Å². The smallest absolute Gasteiger partial charge is 0.244 e. The molecular formula is C22H20Cl3N2O+. The summed E-state index contributed by atoms with van der Waals surface area (Å²) in [5.74, 6) is 2.62. The van der Waals surface area contributed by atoms with Gasteiger partial charge in [0.1, 0.15) is 25.0 Å². The van der Waals surface area contributed by atoms with Gasteiger partial charge in [-0.3, -0.25) is 0 Å². The second kappa shape index (κ2) is 9.49. The number of aryl methyl sites for hydroxylation is 1. The highest BCUT2D eigenvalue weighted by Crippen LogP contribution is 2.30. The van der Waals surface area contributed by atoms with E-state index < -0.39 is 0 Å². The molecule has 28 heavy (non-hydrogen) atoms. The van der Waals surface area contributed by atoms with E-state index in [0.29, 0.717) is 34.8 Å². The van der Waals surface area contributed by atoms with E-state index in [0.717, 1.165) is 16.7 Å². The zero-order valence-electron chi connectivity index (χ0n) is 15.4. The highest BCUT2D eigenvalue weighted by molar-refractivity contribution is 6.35. The molecule has 3 aromatic rings. The summed E-state index contributed by atoms with van der Waals surface area (Å²) in [4.78, 5) is 0. The van der Waals surface area contributed by atoms with Crippen LogP contribution < -0.4 is 4.57 Å². The van der Waals surface area contributed by atoms with Crippen LogP contribution in [0.3, 0.4) is 0 Å². The lowest BCUT2D eigenvalue weighted by Crippen LogP contribution is -2.35. The molecule has 6 heteroatoms. The number of terminal acetylenes is 1. The summed E-state index contributed by atoms with van der Waals surface area (Å²) >= 11 is 18.9. The van der Waals surface area contributed by atoms with Crippen molar-refractivity contribution >= 4 is 34.8 Å². The van der Waals surface area contributed by atoms with Gasteiger partial charge in [0, 0.05) is 20.6 Å². The molecule has 0 aliphatic heterocycles. The normalized spacial score (nSPS) is 12.0. The predicted octanol–water partition coefficient (Wildman–Crippen LogP) is 5.64. The fourth-order valence-corrected chi connectivity index (χ4v) is 3.72. The SMILES string of the molecule is C#CCn1cc[n+](CC(OCc2ccc(C)cc2Cl)c2ccc(Cl)cc2Cl)c1. The Morgan fingerprint density at radius 1 is 1.14 bits per heavy atom. The van der Waals surface area contributed by atoms with Gasteiger partial charge in [-0.2, -0.15) is 0 Å². The maximum atomic E-state index is 6.45. The maximum Gasteiger partial charge on any atom is 0.244 e. The largest absolute Gasteiger partial charge is 0.365 e. The van der Waals surface area contributed by atoms with E-state index in [1.165, 1.54) is 0 Å². The van der Waals surface area contributed by atoms with E-state index in [9.17, 15) is 0 Å². The first-order valence-corrected chi connectivity index (χ1v) is 9.89. The van der Waals surface area contributed by atoms with Crippen molar-refractivity contribution in [1.82, 2.24) is 4.57 Å². The van der Waals surface area contributed by atoms with Crippen LogP contribution in [0.2, 0.25) is 15.1 Å². The minimum atomic E-state index is -0.283. The topological polar surface area (TPSA) is 18.0 Å². The Bertz CT molecular complexity index is 1010. The first-order valence-electron chi connectivity index (χ1n) is 8.76. The molecule has 2 aromatic carbocycles. The molecular weight excluding hydrogens is 415 g/mol. The summed E-state index contributed by atoms with van der Waals surface area (Å²) in [6, 6.07) is 11.4. The van der Waals surface area contributed by atoms with Crippen molar-refractivity contribution in [1.29, 1.82) is 0 Å². The van der Waals surface area contributed by atoms with Gasteiger partial charge in [-0.05, 0) is 36.2 Å². The molecule has 0 amide bonds. The van der Waals surface area contributed by atoms with Crippen molar-refractivity contribution in [2.75, 3.05) is 0 Å². The Hall–Kier alpha value is -1.96. The number of nitrogens with zero attached hydrogens (tertiary/aromatic N) is 2. The lowest BCUT2D eigenvalue weighted by molar-refractivity contribution is -0.704. The Morgan fingerprint density at radius 3 is 2.68 bits per heavy atom. The molecule has 1 heterocycles. The van der Waals surface area contributed by atoms with Gasteiger partial charge in [-0.1, -0.05) is 58.9 Å². The lowest BCUT2D eigenvalue weighted by Gasteiger charge is -2.19. The third kappa shape index (κ3) is 5.31. The van der Waals surface area contributed by atoms with Gasteiger partial charge in [0.05, 0.1) is 6.61 Å². The van der Waals surface area contributed by atoms with Crippen molar-refractivity contribution in [3.63, 3.8) is 0 Å². The number of imidazole rings is 1. The van der Waals surface area contributed by atoms with Gasteiger partial charge in [-0.15, -0.1) is 6.42 Å². The van der Waals surface area contributed by atoms with Crippen LogP contribution in [0.1, 0.15) is 22.8 Å². The zero-order chi connectivity index (χ0) is 20.1. The fraction of sp³-hybridized carbons (Fsp3) is 0.227. The number of halogens is 3. The summed E-state index contributed by atoms with van der Waals surface area (Å²) in [5, 5.41) is 1.84. The Kier molecular flexibility index (Phi) is 7.04. The van der Waals surface area contributed by atoms with Gasteiger partial charge in [0.2, 0.25) is 6.33 Å². The van der Waals surface area contributed by atoms with Gasteiger partial charge in [0.15, 0.2) is 6.54 Å². The Labute approximate surface area is 180 Å². The molecule has 0 aliphatic carbocycles. The third-order valence-corrected chi connectivity index (χ3v) is 5.27. The number of aromatic nitrogens is 2. The fourth-order valence-electron chi connectivity index (χ4n) is 2.90. The number of ether oxygens (including phenoxy) is 1. The number of hydrogen-bond acceptors (Lipinski definition) is 1. The van der Waals surface area contributed by atoms with Crippen LogP contribution in [-0.2, 0) is 24.4 Å². The minimum Gasteiger partial charge on any atom is -0.365 e. The van der Waals surface area contributed by atoms with E-state index in [1.54, 1.807) is 6.07 Å². The van der Waals surface area contributed by atoms with Crippen LogP contribution in [0, 0.1) is 19.3 Å². The summed E-state index contributed by atoms with van der Waals surface area (Å²) < 4.78 is 10.2. The quantitative estimate of drug-likeness (QED) is 0.348. The molecule has 0 aliphatic rings. The monoisotopic (exact) mass is 433 g/mol. The molecule has 1 aromatic heterocycles. The highest BCUT2D eigenvalue weighted by atomic mass is 35.5. The van der Waals surface area contributed by atoms with Crippen LogP contribution >= 0.6 is 34.8 Å². The maximum absolute atomic E-state index is 6.45. The summed E-state index contributed by atoms with van der Waals surface area (Å²) in [6.45, 7) is 3.46. The van der Waals surface area contributed by atoms with Crippen LogP contribution in [0.15, 0.2) is 55.1 Å². The average molecular weight is 435 g/mol. The number of rotatable bonds is 7. The average Bonchev–Trinajstić information content (AvgIpc) is 3.07. The van der Waals surface area contributed by atoms with E-state index in [2.05, 4.69) is 5.92 Å². The molecule has 0 spiro atoms. The minimum absolute atomic E-state index is 0.283. The first-order chi connectivity index (χ1) is 13.5. The number of hydrogen-bond donors (Lipinski definition) is 0. The zero-order valence-corrected chi connectivity index (χ0v) is 17.7. The van der Waals surface area contributed by atoms with Gasteiger partial charge < -0.3 is 4.74 Å². The van der Waals surface area contributed by atoms with Crippen LogP contribution in [0.5, 0.6) is 0 Å². The molecule has 1 unspecified atom stereocenters. The molecule has 0 radical (unpaired) electrons. The molecule has 0 bridgehead atoms. The van der Waals surface area contributed by atoms with E-state index in [4.69, 9.17) is 46.0 Å². The van der Waals surface area contributed by atoms with Crippen LogP contribution in [0.25, 0.3) is 0 Å². The highest BCUT2D eigenvalue weighted by Gasteiger charge is 2.20. The van der Waals surface area contributed by atoms with Crippen molar-refractivity contribution in [3.8, 4) is 12.3 Å². The molecule has 0 fully saturated rings. The molecule has 1 atom stereocenters. The molecule has 144 valence electrons. The van der Waals surface area contributed by atoms with Crippen molar-refractivity contribution < 1.29 is 9.30 Å². The molecule has 3 nitrogen and oxygen atoms in total. The third-order valence-electron chi connectivity index (χ3n) is 4.35. The molecule has 0 N–H and O–H groups in total. The van der Waals surface area contributed by atoms with Crippen LogP contribution in [-0.4, -0.2) is 4.57 Å². The van der Waals surface area contributed by atoms with Crippen molar-refractivity contribution in [2.24, 2.45) is 0 Å². The molecule has 0 saturated carbocycles. The van der Waals surface area contributed by atoms with Gasteiger partial charge in [-0.25, -0.2) is 9.13 Å². The Balaban J connectivity index is 1.84. The predicted molar refractivity (Wildman–Crippen MR) is 114 cm³/mol. The standard InChI is InChI=1S/C22H20Cl3N2O/c1-3-8-26-9-10-27(15-26)13-22(19-7-6-18(23)12-21(19)25)28-14-17-5-4-16(2)11-20(17)24/h1,4-7,9-12,15,22H,8,13-14H2,2H3/q+1. The van der Waals surface area contributed by atoms with E-state index in [-0.39, 0.29) is 6.10 Å². The summed E-state index contributed by atoms with van der Waals surface area (Å²) in [6.07, 6.45) is 10.9. The summed E-state index contributed by atoms with van der Waals surface area (Å²) in [5.41, 5.74) is 2.90. The van der Waals surface area contributed by atoms with Gasteiger partial charge >= 0.3 is 0 Å². The second-order valence-corrected chi connectivity index (χ2v) is 7.80.